The van der Waals surface area contributed by atoms with Crippen molar-refractivity contribution >= 4 is 12.1 Å². The molecule has 4 nitrogen and oxygen atoms in total. The van der Waals surface area contributed by atoms with E-state index in [1.807, 2.05) is 37.4 Å². The Labute approximate surface area is 119 Å². The van der Waals surface area contributed by atoms with E-state index in [9.17, 15) is 4.79 Å². The highest BCUT2D eigenvalue weighted by molar-refractivity contribution is 5.78. The van der Waals surface area contributed by atoms with Gasteiger partial charge in [-0.2, -0.15) is 5.10 Å². The molecule has 1 N–H and O–H groups in total. The van der Waals surface area contributed by atoms with Gasteiger partial charge >= 0.3 is 0 Å². The van der Waals surface area contributed by atoms with Gasteiger partial charge in [0.1, 0.15) is 5.75 Å². The second-order valence-corrected chi connectivity index (χ2v) is 4.96. The minimum Gasteiger partial charge on any atom is -0.484 e. The summed E-state index contributed by atoms with van der Waals surface area (Å²) in [4.78, 5) is 11.6. The van der Waals surface area contributed by atoms with E-state index < -0.39 is 0 Å². The maximum absolute atomic E-state index is 11.6. The Morgan fingerprint density at radius 3 is 3.15 bits per heavy atom. The number of hydrazone groups is 1. The number of rotatable bonds is 5. The molecule has 0 aliphatic heterocycles. The van der Waals surface area contributed by atoms with Crippen LogP contribution in [0.25, 0.3) is 0 Å². The Kier molecular flexibility index (Phi) is 5.35. The molecule has 0 heterocycles. The normalized spacial score (nSPS) is 18.1. The number of hydrogen-bond acceptors (Lipinski definition) is 3. The summed E-state index contributed by atoms with van der Waals surface area (Å²) in [7, 11) is 0. The molecule has 1 aliphatic carbocycles. The summed E-state index contributed by atoms with van der Waals surface area (Å²) in [5.41, 5.74) is 3.60. The van der Waals surface area contributed by atoms with Crippen molar-refractivity contribution < 1.29 is 9.53 Å². The first-order valence-corrected chi connectivity index (χ1v) is 6.90. The molecule has 20 heavy (non-hydrogen) atoms. The van der Waals surface area contributed by atoms with Gasteiger partial charge in [0, 0.05) is 6.21 Å². The maximum atomic E-state index is 11.6. The van der Waals surface area contributed by atoms with E-state index in [1.54, 1.807) is 0 Å². The number of aryl methyl sites for hydroxylation is 1. The molecule has 0 fully saturated rings. The molecular formula is C16H20N2O2. The standard InChI is InChI=1S/C16H20N2O2/c1-13-6-5-9-15(10-13)20-12-16(19)18-17-11-14-7-3-2-4-8-14/h2-3,5-6,9-11,14H,4,7-8,12H2,1H3,(H,18,19)/b17-11-/t14-/m0/s1. The Hall–Kier alpha value is -2.10. The van der Waals surface area contributed by atoms with Gasteiger partial charge in [-0.25, -0.2) is 5.43 Å². The largest absolute Gasteiger partial charge is 0.484 e. The van der Waals surface area contributed by atoms with Crippen molar-refractivity contribution in [3.05, 3.63) is 42.0 Å². The molecule has 1 aromatic carbocycles. The second kappa shape index (κ2) is 7.48. The predicted molar refractivity (Wildman–Crippen MR) is 79.8 cm³/mol. The fraction of sp³-hybridized carbons (Fsp3) is 0.375. The Balaban J connectivity index is 1.70. The van der Waals surface area contributed by atoms with Crippen LogP contribution in [0.1, 0.15) is 24.8 Å². The van der Waals surface area contributed by atoms with Crippen molar-refractivity contribution in [2.75, 3.05) is 6.61 Å². The van der Waals surface area contributed by atoms with Gasteiger partial charge < -0.3 is 4.74 Å². The molecule has 0 saturated carbocycles. The lowest BCUT2D eigenvalue weighted by molar-refractivity contribution is -0.123. The van der Waals surface area contributed by atoms with Crippen molar-refractivity contribution in [1.82, 2.24) is 5.43 Å². The molecule has 4 heteroatoms. The van der Waals surface area contributed by atoms with Crippen molar-refractivity contribution in [2.24, 2.45) is 11.0 Å². The molecule has 1 atom stereocenters. The fourth-order valence-electron chi connectivity index (χ4n) is 2.05. The van der Waals surface area contributed by atoms with E-state index in [0.29, 0.717) is 11.7 Å². The monoisotopic (exact) mass is 272 g/mol. The number of benzene rings is 1. The number of nitrogens with zero attached hydrogens (tertiary/aromatic N) is 1. The molecule has 0 aromatic heterocycles. The molecule has 1 aliphatic rings. The van der Waals surface area contributed by atoms with Gasteiger partial charge in [-0.1, -0.05) is 24.3 Å². The summed E-state index contributed by atoms with van der Waals surface area (Å²) in [5.74, 6) is 0.883. The smallest absolute Gasteiger partial charge is 0.277 e. The Morgan fingerprint density at radius 1 is 1.50 bits per heavy atom. The van der Waals surface area contributed by atoms with Gasteiger partial charge in [0.15, 0.2) is 6.61 Å². The van der Waals surface area contributed by atoms with Crippen LogP contribution in [0.3, 0.4) is 0 Å². The molecular weight excluding hydrogens is 252 g/mol. The minimum absolute atomic E-state index is 0.0225. The van der Waals surface area contributed by atoms with Crippen molar-refractivity contribution in [3.8, 4) is 5.75 Å². The first-order chi connectivity index (χ1) is 9.74. The van der Waals surface area contributed by atoms with Crippen LogP contribution in [-0.4, -0.2) is 18.7 Å². The highest BCUT2D eigenvalue weighted by atomic mass is 16.5. The van der Waals surface area contributed by atoms with Gasteiger partial charge in [0.25, 0.3) is 5.91 Å². The Bertz CT molecular complexity index is 509. The van der Waals surface area contributed by atoms with E-state index in [-0.39, 0.29) is 12.5 Å². The van der Waals surface area contributed by atoms with Crippen LogP contribution in [0, 0.1) is 12.8 Å². The lowest BCUT2D eigenvalue weighted by Gasteiger charge is -2.11. The van der Waals surface area contributed by atoms with Crippen LogP contribution in [-0.2, 0) is 4.79 Å². The SMILES string of the molecule is Cc1cccc(OCC(=O)N/N=C\[C@H]2CC=CCC2)c1. The van der Waals surface area contributed by atoms with Crippen LogP contribution in [0.15, 0.2) is 41.5 Å². The number of amides is 1. The molecule has 0 saturated heterocycles. The summed E-state index contributed by atoms with van der Waals surface area (Å²) in [6, 6.07) is 7.61. The predicted octanol–water partition coefficient (Wildman–Crippen LogP) is 2.83. The molecule has 0 radical (unpaired) electrons. The lowest BCUT2D eigenvalue weighted by atomic mass is 9.96. The molecule has 0 unspecified atom stereocenters. The van der Waals surface area contributed by atoms with Crippen LogP contribution >= 0.6 is 0 Å². The van der Waals surface area contributed by atoms with E-state index in [2.05, 4.69) is 22.7 Å². The number of hydrogen-bond donors (Lipinski definition) is 1. The highest BCUT2D eigenvalue weighted by Crippen LogP contribution is 2.15. The van der Waals surface area contributed by atoms with Crippen LogP contribution in [0.5, 0.6) is 5.75 Å². The highest BCUT2D eigenvalue weighted by Gasteiger charge is 2.07. The van der Waals surface area contributed by atoms with E-state index in [0.717, 1.165) is 24.8 Å². The third kappa shape index (κ3) is 4.88. The van der Waals surface area contributed by atoms with Gasteiger partial charge in [-0.05, 0) is 49.8 Å². The Morgan fingerprint density at radius 2 is 2.40 bits per heavy atom. The number of carbonyl (C=O) groups excluding carboxylic acids is 1. The summed E-state index contributed by atoms with van der Waals surface area (Å²) >= 11 is 0. The molecule has 1 amide bonds. The van der Waals surface area contributed by atoms with Gasteiger partial charge in [-0.15, -0.1) is 0 Å². The zero-order valence-electron chi connectivity index (χ0n) is 11.7. The second-order valence-electron chi connectivity index (χ2n) is 4.96. The molecule has 1 aromatic rings. The number of nitrogens with one attached hydrogen (secondary N) is 1. The average molecular weight is 272 g/mol. The van der Waals surface area contributed by atoms with Gasteiger partial charge in [0.05, 0.1) is 0 Å². The quantitative estimate of drug-likeness (QED) is 0.509. The fourth-order valence-corrected chi connectivity index (χ4v) is 2.05. The molecule has 106 valence electrons. The average Bonchev–Trinajstić information content (AvgIpc) is 2.46. The van der Waals surface area contributed by atoms with Crippen LogP contribution in [0.2, 0.25) is 0 Å². The first kappa shape index (κ1) is 14.3. The van der Waals surface area contributed by atoms with Gasteiger partial charge in [0.2, 0.25) is 0 Å². The third-order valence-corrected chi connectivity index (χ3v) is 3.14. The van der Waals surface area contributed by atoms with E-state index >= 15 is 0 Å². The zero-order chi connectivity index (χ0) is 14.2. The molecule has 2 rings (SSSR count). The summed E-state index contributed by atoms with van der Waals surface area (Å²) < 4.78 is 5.39. The number of allylic oxidation sites excluding steroid dienone is 2. The molecule has 0 bridgehead atoms. The van der Waals surface area contributed by atoms with Crippen molar-refractivity contribution in [1.29, 1.82) is 0 Å². The number of ether oxygens (including phenoxy) is 1. The van der Waals surface area contributed by atoms with Crippen LogP contribution < -0.4 is 10.2 Å². The van der Waals surface area contributed by atoms with E-state index in [1.165, 1.54) is 0 Å². The van der Waals surface area contributed by atoms with Gasteiger partial charge in [-0.3, -0.25) is 4.79 Å². The first-order valence-electron chi connectivity index (χ1n) is 6.90. The maximum Gasteiger partial charge on any atom is 0.277 e. The zero-order valence-corrected chi connectivity index (χ0v) is 11.7. The third-order valence-electron chi connectivity index (χ3n) is 3.14. The summed E-state index contributed by atoms with van der Waals surface area (Å²) in [5, 5.41) is 3.99. The summed E-state index contributed by atoms with van der Waals surface area (Å²) in [6.07, 6.45) is 9.32. The topological polar surface area (TPSA) is 50.7 Å². The van der Waals surface area contributed by atoms with Crippen LogP contribution in [0.4, 0.5) is 0 Å². The van der Waals surface area contributed by atoms with Crippen molar-refractivity contribution in [3.63, 3.8) is 0 Å². The van der Waals surface area contributed by atoms with E-state index in [4.69, 9.17) is 4.74 Å². The summed E-state index contributed by atoms with van der Waals surface area (Å²) in [6.45, 7) is 1.96. The minimum atomic E-state index is -0.242. The van der Waals surface area contributed by atoms with Crippen molar-refractivity contribution in [2.45, 2.75) is 26.2 Å². The molecule has 0 spiro atoms. The number of carbonyl (C=O) groups is 1. The lowest BCUT2D eigenvalue weighted by Crippen LogP contribution is -2.25.